The molecule has 0 N–H and O–H groups in total. The van der Waals surface area contributed by atoms with Crippen LogP contribution in [-0.2, 0) is 14.3 Å². The van der Waals surface area contributed by atoms with Gasteiger partial charge in [0, 0.05) is 6.42 Å². The van der Waals surface area contributed by atoms with E-state index in [1.54, 1.807) is 0 Å². The van der Waals surface area contributed by atoms with Gasteiger partial charge in [-0.15, -0.1) is 0 Å². The molecule has 0 saturated heterocycles. The zero-order chi connectivity index (χ0) is 12.5. The minimum absolute atomic E-state index is 0.0955. The fraction of sp³-hybridized carbons (Fsp3) is 0.929. The van der Waals surface area contributed by atoms with Crippen molar-refractivity contribution in [3.05, 3.63) is 0 Å². The normalized spacial score (nSPS) is 27.5. The topological polar surface area (TPSA) is 35.5 Å². The van der Waals surface area contributed by atoms with Gasteiger partial charge in [0.1, 0.15) is 5.78 Å². The van der Waals surface area contributed by atoms with Gasteiger partial charge in [-0.2, -0.15) is 0 Å². The maximum absolute atomic E-state index is 11.7. The molecule has 0 heterocycles. The first-order valence-corrected chi connectivity index (χ1v) is 6.73. The van der Waals surface area contributed by atoms with Crippen molar-refractivity contribution in [3.63, 3.8) is 0 Å². The first-order chi connectivity index (χ1) is 7.94. The molecule has 0 aromatic heterocycles. The number of rotatable bonds is 4. The van der Waals surface area contributed by atoms with Crippen LogP contribution >= 0.6 is 0 Å². The Morgan fingerprint density at radius 3 is 2.41 bits per heavy atom. The van der Waals surface area contributed by atoms with Gasteiger partial charge in [0.05, 0.1) is 30.3 Å². The van der Waals surface area contributed by atoms with E-state index in [1.165, 1.54) is 12.8 Å². The zero-order valence-corrected chi connectivity index (χ0v) is 11.3. The number of ketones is 1. The Morgan fingerprint density at radius 1 is 1.24 bits per heavy atom. The van der Waals surface area contributed by atoms with Crippen molar-refractivity contribution >= 4 is 5.78 Å². The molecule has 2 fully saturated rings. The summed E-state index contributed by atoms with van der Waals surface area (Å²) in [6.07, 6.45) is 5.23. The van der Waals surface area contributed by atoms with Crippen LogP contribution in [-0.4, -0.2) is 30.7 Å². The number of Topliss-reactive ketones (excluding diaryl/α,β-unsaturated/α-hetero) is 1. The van der Waals surface area contributed by atoms with E-state index in [0.29, 0.717) is 25.4 Å². The van der Waals surface area contributed by atoms with E-state index < -0.39 is 0 Å². The predicted molar refractivity (Wildman–Crippen MR) is 66.0 cm³/mol. The molecule has 0 aromatic carbocycles. The van der Waals surface area contributed by atoms with Crippen LogP contribution in [0.3, 0.4) is 0 Å². The third kappa shape index (κ3) is 2.71. The van der Waals surface area contributed by atoms with E-state index in [2.05, 4.69) is 0 Å². The number of hydrogen-bond acceptors (Lipinski definition) is 3. The van der Waals surface area contributed by atoms with Crippen LogP contribution in [0.5, 0.6) is 0 Å². The molecular weight excluding hydrogens is 216 g/mol. The average molecular weight is 240 g/mol. The number of carbonyl (C=O) groups excluding carboxylic acids is 1. The van der Waals surface area contributed by atoms with Gasteiger partial charge >= 0.3 is 0 Å². The van der Waals surface area contributed by atoms with Crippen molar-refractivity contribution in [1.29, 1.82) is 0 Å². The molecule has 2 aliphatic rings. The van der Waals surface area contributed by atoms with Crippen molar-refractivity contribution in [3.8, 4) is 0 Å². The molecule has 1 spiro atoms. The van der Waals surface area contributed by atoms with Crippen molar-refractivity contribution < 1.29 is 14.3 Å². The van der Waals surface area contributed by atoms with Crippen LogP contribution in [0.15, 0.2) is 0 Å². The van der Waals surface area contributed by atoms with Crippen molar-refractivity contribution in [1.82, 2.24) is 0 Å². The van der Waals surface area contributed by atoms with E-state index in [4.69, 9.17) is 9.47 Å². The van der Waals surface area contributed by atoms with Crippen LogP contribution in [0.25, 0.3) is 0 Å². The number of ether oxygens (including phenoxy) is 2. The summed E-state index contributed by atoms with van der Waals surface area (Å²) in [6.45, 7) is 7.34. The first kappa shape index (κ1) is 13.0. The molecule has 0 radical (unpaired) electrons. The van der Waals surface area contributed by atoms with Gasteiger partial charge in [0.25, 0.3) is 0 Å². The second kappa shape index (κ2) is 4.69. The zero-order valence-electron chi connectivity index (χ0n) is 11.3. The van der Waals surface area contributed by atoms with Gasteiger partial charge in [-0.1, -0.05) is 12.8 Å². The van der Waals surface area contributed by atoms with E-state index in [0.717, 1.165) is 12.8 Å². The summed E-state index contributed by atoms with van der Waals surface area (Å²) in [6, 6.07) is 0. The Hall–Kier alpha value is -0.410. The van der Waals surface area contributed by atoms with Crippen LogP contribution in [0.2, 0.25) is 0 Å². The van der Waals surface area contributed by atoms with E-state index in [9.17, 15) is 4.79 Å². The lowest BCUT2D eigenvalue weighted by Crippen LogP contribution is -2.53. The maximum atomic E-state index is 11.7. The van der Waals surface area contributed by atoms with Crippen LogP contribution < -0.4 is 0 Å². The van der Waals surface area contributed by atoms with E-state index in [-0.39, 0.29) is 17.1 Å². The summed E-state index contributed by atoms with van der Waals surface area (Å²) in [7, 11) is 0. The first-order valence-electron chi connectivity index (χ1n) is 6.73. The van der Waals surface area contributed by atoms with Crippen LogP contribution in [0, 0.1) is 5.41 Å². The molecule has 1 atom stereocenters. The van der Waals surface area contributed by atoms with Gasteiger partial charge in [0.2, 0.25) is 0 Å². The van der Waals surface area contributed by atoms with Gasteiger partial charge in [-0.25, -0.2) is 0 Å². The minimum Gasteiger partial charge on any atom is -0.374 e. The third-order valence-electron chi connectivity index (χ3n) is 3.98. The molecule has 3 nitrogen and oxygen atoms in total. The second-order valence-corrected chi connectivity index (χ2v) is 6.31. The lowest BCUT2D eigenvalue weighted by molar-refractivity contribution is -0.166. The van der Waals surface area contributed by atoms with Crippen LogP contribution in [0.4, 0.5) is 0 Å². The largest absolute Gasteiger partial charge is 0.374 e. The van der Waals surface area contributed by atoms with Gasteiger partial charge in [-0.05, 0) is 33.6 Å². The summed E-state index contributed by atoms with van der Waals surface area (Å²) >= 11 is 0. The Morgan fingerprint density at radius 2 is 1.88 bits per heavy atom. The van der Waals surface area contributed by atoms with Gasteiger partial charge in [0.15, 0.2) is 0 Å². The summed E-state index contributed by atoms with van der Waals surface area (Å²) in [5.41, 5.74) is -0.203. The molecule has 3 heteroatoms. The SMILES string of the molecule is CC(C)(C)OCCOC1CC(=O)C12CCCC2. The molecule has 17 heavy (non-hydrogen) atoms. The Labute approximate surface area is 104 Å². The molecule has 1 unspecified atom stereocenters. The summed E-state index contributed by atoms with van der Waals surface area (Å²) < 4.78 is 11.5. The van der Waals surface area contributed by atoms with Crippen molar-refractivity contribution in [2.45, 2.75) is 64.6 Å². The molecular formula is C14H24O3. The summed E-state index contributed by atoms with van der Waals surface area (Å²) in [5.74, 6) is 0.428. The van der Waals surface area contributed by atoms with Crippen molar-refractivity contribution in [2.24, 2.45) is 5.41 Å². The molecule has 0 aliphatic heterocycles. The van der Waals surface area contributed by atoms with E-state index >= 15 is 0 Å². The molecule has 98 valence electrons. The van der Waals surface area contributed by atoms with E-state index in [1.807, 2.05) is 20.8 Å². The molecule has 2 saturated carbocycles. The fourth-order valence-electron chi connectivity index (χ4n) is 2.98. The summed E-state index contributed by atoms with van der Waals surface area (Å²) in [4.78, 5) is 11.7. The summed E-state index contributed by atoms with van der Waals surface area (Å²) in [5, 5.41) is 0. The monoisotopic (exact) mass is 240 g/mol. The standard InChI is InChI=1S/C14H24O3/c1-13(2,3)17-9-8-16-12-10-11(15)14(12)6-4-5-7-14/h12H,4-10H2,1-3H3. The highest BCUT2D eigenvalue weighted by Gasteiger charge is 2.56. The fourth-order valence-corrected chi connectivity index (χ4v) is 2.98. The van der Waals surface area contributed by atoms with Crippen LogP contribution in [0.1, 0.15) is 52.9 Å². The van der Waals surface area contributed by atoms with Crippen molar-refractivity contribution in [2.75, 3.05) is 13.2 Å². The number of hydrogen-bond donors (Lipinski definition) is 0. The average Bonchev–Trinajstić information content (AvgIpc) is 2.72. The molecule has 0 aromatic rings. The van der Waals surface area contributed by atoms with Gasteiger partial charge in [-0.3, -0.25) is 4.79 Å². The smallest absolute Gasteiger partial charge is 0.144 e. The quantitative estimate of drug-likeness (QED) is 0.709. The Kier molecular flexibility index (Phi) is 3.60. The molecule has 2 rings (SSSR count). The maximum Gasteiger partial charge on any atom is 0.144 e. The highest BCUT2D eigenvalue weighted by atomic mass is 16.5. The predicted octanol–water partition coefficient (Wildman–Crippen LogP) is 2.72. The Bertz CT molecular complexity index is 284. The second-order valence-electron chi connectivity index (χ2n) is 6.31. The number of carbonyl (C=O) groups is 1. The highest BCUT2D eigenvalue weighted by Crippen LogP contribution is 2.51. The minimum atomic E-state index is -0.107. The Balaban J connectivity index is 1.72. The lowest BCUT2D eigenvalue weighted by Gasteiger charge is -2.44. The highest BCUT2D eigenvalue weighted by molar-refractivity contribution is 5.92. The van der Waals surface area contributed by atoms with Gasteiger partial charge < -0.3 is 9.47 Å². The molecule has 0 amide bonds. The molecule has 2 aliphatic carbocycles. The lowest BCUT2D eigenvalue weighted by atomic mass is 9.63. The molecule has 0 bridgehead atoms. The third-order valence-corrected chi connectivity index (χ3v) is 3.98.